The Kier molecular flexibility index (Phi) is 6.71. The van der Waals surface area contributed by atoms with Crippen LogP contribution in [0.3, 0.4) is 0 Å². The summed E-state index contributed by atoms with van der Waals surface area (Å²) in [6.45, 7) is 6.26. The highest BCUT2D eigenvalue weighted by molar-refractivity contribution is 6.31. The molecule has 0 atom stereocenters. The van der Waals surface area contributed by atoms with E-state index in [4.69, 9.17) is 23.2 Å². The van der Waals surface area contributed by atoms with Crippen LogP contribution < -0.4 is 5.32 Å². The Morgan fingerprint density at radius 1 is 1.07 bits per heavy atom. The molecular formula is C20H22Cl2FN3O. The summed E-state index contributed by atoms with van der Waals surface area (Å²) in [5.74, 6) is -0.440. The van der Waals surface area contributed by atoms with E-state index in [0.29, 0.717) is 11.6 Å². The van der Waals surface area contributed by atoms with Crippen LogP contribution in [-0.4, -0.2) is 48.4 Å². The van der Waals surface area contributed by atoms with E-state index < -0.39 is 5.82 Å². The second kappa shape index (κ2) is 9.02. The third-order valence-corrected chi connectivity index (χ3v) is 5.46. The van der Waals surface area contributed by atoms with Gasteiger partial charge in [-0.25, -0.2) is 4.39 Å². The number of benzene rings is 2. The van der Waals surface area contributed by atoms with Crippen LogP contribution in [0, 0.1) is 12.7 Å². The van der Waals surface area contributed by atoms with Crippen molar-refractivity contribution >= 4 is 34.8 Å². The summed E-state index contributed by atoms with van der Waals surface area (Å²) in [5, 5.41) is 3.73. The van der Waals surface area contributed by atoms with Gasteiger partial charge in [-0.2, -0.15) is 0 Å². The molecule has 1 amide bonds. The number of anilines is 1. The van der Waals surface area contributed by atoms with E-state index in [1.807, 2.05) is 19.1 Å². The number of rotatable bonds is 5. The lowest BCUT2D eigenvalue weighted by atomic mass is 10.2. The molecule has 0 saturated carbocycles. The Hall–Kier alpha value is -1.66. The van der Waals surface area contributed by atoms with Gasteiger partial charge in [-0.15, -0.1) is 0 Å². The van der Waals surface area contributed by atoms with Gasteiger partial charge in [0.05, 0.1) is 11.6 Å². The fourth-order valence-corrected chi connectivity index (χ4v) is 3.52. The summed E-state index contributed by atoms with van der Waals surface area (Å²) in [7, 11) is 0. The van der Waals surface area contributed by atoms with Crippen molar-refractivity contribution in [2.45, 2.75) is 13.5 Å². The first-order valence-electron chi connectivity index (χ1n) is 8.86. The molecule has 144 valence electrons. The van der Waals surface area contributed by atoms with Crippen molar-refractivity contribution in [2.24, 2.45) is 0 Å². The number of hydrogen-bond donors (Lipinski definition) is 1. The molecule has 7 heteroatoms. The van der Waals surface area contributed by atoms with Crippen LogP contribution in [0.25, 0.3) is 0 Å². The van der Waals surface area contributed by atoms with Gasteiger partial charge in [-0.1, -0.05) is 35.3 Å². The minimum atomic E-state index is -0.397. The largest absolute Gasteiger partial charge is 0.325 e. The van der Waals surface area contributed by atoms with E-state index in [9.17, 15) is 9.18 Å². The average molecular weight is 410 g/mol. The number of carbonyl (C=O) groups excluding carboxylic acids is 1. The van der Waals surface area contributed by atoms with E-state index in [2.05, 4.69) is 15.1 Å². The molecule has 0 radical (unpaired) electrons. The van der Waals surface area contributed by atoms with Crippen LogP contribution in [0.5, 0.6) is 0 Å². The molecule has 1 N–H and O–H groups in total. The van der Waals surface area contributed by atoms with Crippen LogP contribution in [0.1, 0.15) is 11.1 Å². The zero-order valence-corrected chi connectivity index (χ0v) is 16.7. The highest BCUT2D eigenvalue weighted by Crippen LogP contribution is 2.23. The van der Waals surface area contributed by atoms with Gasteiger partial charge in [-0.05, 0) is 42.3 Å². The van der Waals surface area contributed by atoms with Crippen molar-refractivity contribution in [3.05, 3.63) is 63.4 Å². The molecule has 1 fully saturated rings. The highest BCUT2D eigenvalue weighted by Gasteiger charge is 2.19. The lowest BCUT2D eigenvalue weighted by Crippen LogP contribution is -2.48. The van der Waals surface area contributed by atoms with Gasteiger partial charge in [-0.3, -0.25) is 14.6 Å². The topological polar surface area (TPSA) is 35.6 Å². The zero-order valence-electron chi connectivity index (χ0n) is 15.1. The Balaban J connectivity index is 1.47. The molecule has 4 nitrogen and oxygen atoms in total. The molecule has 1 saturated heterocycles. The number of halogens is 3. The minimum absolute atomic E-state index is 0.0425. The van der Waals surface area contributed by atoms with Crippen LogP contribution in [0.2, 0.25) is 10.0 Å². The maximum absolute atomic E-state index is 13.3. The SMILES string of the molecule is Cc1c(Cl)cccc1NC(=O)CN1CCN(Cc2ccc(F)c(Cl)c2)CC1. The molecule has 1 aliphatic heterocycles. The van der Waals surface area contributed by atoms with Gasteiger partial charge in [0.15, 0.2) is 0 Å². The molecule has 1 heterocycles. The Morgan fingerprint density at radius 2 is 1.78 bits per heavy atom. The predicted molar refractivity (Wildman–Crippen MR) is 108 cm³/mol. The quantitative estimate of drug-likeness (QED) is 0.803. The average Bonchev–Trinajstić information content (AvgIpc) is 2.64. The van der Waals surface area contributed by atoms with E-state index in [-0.39, 0.29) is 10.9 Å². The first-order chi connectivity index (χ1) is 12.9. The molecule has 0 bridgehead atoms. The summed E-state index contributed by atoms with van der Waals surface area (Å²) in [6, 6.07) is 10.3. The van der Waals surface area contributed by atoms with E-state index in [0.717, 1.165) is 49.5 Å². The smallest absolute Gasteiger partial charge is 0.238 e. The van der Waals surface area contributed by atoms with Crippen molar-refractivity contribution < 1.29 is 9.18 Å². The zero-order chi connectivity index (χ0) is 19.4. The van der Waals surface area contributed by atoms with Gasteiger partial charge in [0.1, 0.15) is 5.82 Å². The van der Waals surface area contributed by atoms with Gasteiger partial charge in [0.25, 0.3) is 0 Å². The molecule has 0 aliphatic carbocycles. The number of carbonyl (C=O) groups is 1. The molecular weight excluding hydrogens is 388 g/mol. The lowest BCUT2D eigenvalue weighted by molar-refractivity contribution is -0.117. The maximum atomic E-state index is 13.3. The molecule has 0 spiro atoms. The fourth-order valence-electron chi connectivity index (χ4n) is 3.14. The Morgan fingerprint density at radius 3 is 2.48 bits per heavy atom. The second-order valence-electron chi connectivity index (χ2n) is 6.76. The number of hydrogen-bond acceptors (Lipinski definition) is 3. The molecule has 2 aromatic carbocycles. The monoisotopic (exact) mass is 409 g/mol. The number of piperazine rings is 1. The van der Waals surface area contributed by atoms with E-state index in [1.165, 1.54) is 6.07 Å². The van der Waals surface area contributed by atoms with E-state index in [1.54, 1.807) is 18.2 Å². The summed E-state index contributed by atoms with van der Waals surface area (Å²) in [4.78, 5) is 16.7. The van der Waals surface area contributed by atoms with Crippen molar-refractivity contribution in [2.75, 3.05) is 38.0 Å². The van der Waals surface area contributed by atoms with Crippen LogP contribution in [0.4, 0.5) is 10.1 Å². The second-order valence-corrected chi connectivity index (χ2v) is 7.58. The normalized spacial score (nSPS) is 15.7. The standard InChI is InChI=1S/C20H22Cl2FN3O/c1-14-16(21)3-2-4-19(14)24-20(27)13-26-9-7-25(8-10-26)12-15-5-6-18(23)17(22)11-15/h2-6,11H,7-10,12-13H2,1H3,(H,24,27). The van der Waals surface area contributed by atoms with Crippen LogP contribution in [-0.2, 0) is 11.3 Å². The molecule has 0 unspecified atom stereocenters. The summed E-state index contributed by atoms with van der Waals surface area (Å²) in [5.41, 5.74) is 2.61. The summed E-state index contributed by atoms with van der Waals surface area (Å²) >= 11 is 11.9. The number of amides is 1. The van der Waals surface area contributed by atoms with Crippen molar-refractivity contribution in [3.63, 3.8) is 0 Å². The molecule has 27 heavy (non-hydrogen) atoms. The van der Waals surface area contributed by atoms with Crippen molar-refractivity contribution in [3.8, 4) is 0 Å². The van der Waals surface area contributed by atoms with E-state index >= 15 is 0 Å². The first kappa shape index (κ1) is 20.1. The maximum Gasteiger partial charge on any atom is 0.238 e. The van der Waals surface area contributed by atoms with Crippen molar-refractivity contribution in [1.29, 1.82) is 0 Å². The molecule has 0 aromatic heterocycles. The fraction of sp³-hybridized carbons (Fsp3) is 0.350. The molecule has 3 rings (SSSR count). The van der Waals surface area contributed by atoms with Gasteiger partial charge >= 0.3 is 0 Å². The van der Waals surface area contributed by atoms with Gasteiger partial charge in [0.2, 0.25) is 5.91 Å². The number of nitrogens with one attached hydrogen (secondary N) is 1. The minimum Gasteiger partial charge on any atom is -0.325 e. The highest BCUT2D eigenvalue weighted by atomic mass is 35.5. The molecule has 2 aromatic rings. The third kappa shape index (κ3) is 5.42. The van der Waals surface area contributed by atoms with Gasteiger partial charge in [0, 0.05) is 43.4 Å². The van der Waals surface area contributed by atoms with Crippen LogP contribution >= 0.6 is 23.2 Å². The summed E-state index contributed by atoms with van der Waals surface area (Å²) in [6.07, 6.45) is 0. The Labute approximate surface area is 168 Å². The Bertz CT molecular complexity index is 823. The lowest BCUT2D eigenvalue weighted by Gasteiger charge is -2.34. The number of nitrogens with zero attached hydrogens (tertiary/aromatic N) is 2. The third-order valence-electron chi connectivity index (χ3n) is 4.76. The summed E-state index contributed by atoms with van der Waals surface area (Å²) < 4.78 is 13.3. The predicted octanol–water partition coefficient (Wildman–Crippen LogP) is 4.20. The van der Waals surface area contributed by atoms with Crippen LogP contribution in [0.15, 0.2) is 36.4 Å². The van der Waals surface area contributed by atoms with Crippen molar-refractivity contribution in [1.82, 2.24) is 9.80 Å². The van der Waals surface area contributed by atoms with Gasteiger partial charge < -0.3 is 5.32 Å². The first-order valence-corrected chi connectivity index (χ1v) is 9.61. The molecule has 1 aliphatic rings.